The maximum Gasteiger partial charge on any atom is 0.126 e. The molecule has 0 aromatic heterocycles. The lowest BCUT2D eigenvalue weighted by Gasteiger charge is -2.15. The first kappa shape index (κ1) is 11.0. The van der Waals surface area contributed by atoms with E-state index in [0.717, 1.165) is 24.4 Å². The molecule has 0 unspecified atom stereocenters. The van der Waals surface area contributed by atoms with Gasteiger partial charge in [-0.3, -0.25) is 0 Å². The van der Waals surface area contributed by atoms with Crippen LogP contribution in [0.3, 0.4) is 0 Å². The zero-order chi connectivity index (χ0) is 11.2. The molecule has 0 radical (unpaired) electrons. The van der Waals surface area contributed by atoms with Gasteiger partial charge in [0.15, 0.2) is 0 Å². The Labute approximate surface area is 97.4 Å². The molecule has 0 saturated heterocycles. The van der Waals surface area contributed by atoms with E-state index in [1.807, 2.05) is 30.3 Å². The summed E-state index contributed by atoms with van der Waals surface area (Å²) in [4.78, 5) is 0. The van der Waals surface area contributed by atoms with E-state index in [4.69, 9.17) is 4.74 Å². The molecule has 1 heteroatoms. The largest absolute Gasteiger partial charge is 0.462 e. The molecule has 0 N–H and O–H groups in total. The fourth-order valence-electron chi connectivity index (χ4n) is 1.92. The minimum Gasteiger partial charge on any atom is -0.462 e. The van der Waals surface area contributed by atoms with Crippen molar-refractivity contribution in [2.24, 2.45) is 0 Å². The van der Waals surface area contributed by atoms with Crippen molar-refractivity contribution in [2.75, 3.05) is 0 Å². The lowest BCUT2D eigenvalue weighted by atomic mass is 10.00. The van der Waals surface area contributed by atoms with E-state index in [-0.39, 0.29) is 0 Å². The minimum absolute atomic E-state index is 0.932. The third kappa shape index (κ3) is 2.99. The summed E-state index contributed by atoms with van der Waals surface area (Å²) >= 11 is 0. The molecule has 1 nitrogen and oxygen atoms in total. The van der Waals surface area contributed by atoms with Crippen LogP contribution in [0.2, 0.25) is 0 Å². The Morgan fingerprint density at radius 2 is 1.88 bits per heavy atom. The molecule has 0 fully saturated rings. The molecule has 84 valence electrons. The van der Waals surface area contributed by atoms with Gasteiger partial charge in [-0.05, 0) is 31.1 Å². The Bertz CT molecular complexity index is 387. The van der Waals surface area contributed by atoms with Gasteiger partial charge in [0.1, 0.15) is 11.5 Å². The van der Waals surface area contributed by atoms with E-state index in [9.17, 15) is 0 Å². The quantitative estimate of drug-likeness (QED) is 0.718. The first-order valence-corrected chi connectivity index (χ1v) is 6.00. The summed E-state index contributed by atoms with van der Waals surface area (Å²) in [6.45, 7) is 2.22. The maximum absolute atomic E-state index is 5.80. The summed E-state index contributed by atoms with van der Waals surface area (Å²) in [5, 5.41) is 0. The van der Waals surface area contributed by atoms with Crippen molar-refractivity contribution in [3.63, 3.8) is 0 Å². The number of para-hydroxylation sites is 1. The second kappa shape index (κ2) is 5.55. The lowest BCUT2D eigenvalue weighted by molar-refractivity contribution is 0.400. The fraction of sp³-hybridized carbons (Fsp3) is 0.333. The molecule has 0 aliphatic heterocycles. The van der Waals surface area contributed by atoms with E-state index in [1.165, 1.54) is 12.8 Å². The minimum atomic E-state index is 0.932. The summed E-state index contributed by atoms with van der Waals surface area (Å²) in [5.41, 5.74) is 1.54. The van der Waals surface area contributed by atoms with Crippen molar-refractivity contribution < 1.29 is 4.74 Å². The van der Waals surface area contributed by atoms with E-state index in [2.05, 4.69) is 19.1 Å². The number of benzene rings is 1. The van der Waals surface area contributed by atoms with Gasteiger partial charge in [0.2, 0.25) is 0 Å². The highest BCUT2D eigenvalue weighted by Crippen LogP contribution is 2.24. The van der Waals surface area contributed by atoms with Crippen molar-refractivity contribution in [1.82, 2.24) is 0 Å². The number of rotatable bonds is 4. The van der Waals surface area contributed by atoms with Crippen molar-refractivity contribution in [3.8, 4) is 5.75 Å². The van der Waals surface area contributed by atoms with Crippen LogP contribution in [0.4, 0.5) is 0 Å². The van der Waals surface area contributed by atoms with Crippen molar-refractivity contribution >= 4 is 0 Å². The van der Waals surface area contributed by atoms with Gasteiger partial charge in [0, 0.05) is 6.42 Å². The molecule has 0 heterocycles. The van der Waals surface area contributed by atoms with Gasteiger partial charge in [0.25, 0.3) is 0 Å². The van der Waals surface area contributed by atoms with Crippen LogP contribution < -0.4 is 4.74 Å². The average Bonchev–Trinajstić information content (AvgIpc) is 2.33. The normalized spacial score (nSPS) is 15.3. The van der Waals surface area contributed by atoms with Crippen LogP contribution in [0.15, 0.2) is 53.8 Å². The summed E-state index contributed by atoms with van der Waals surface area (Å²) in [5.74, 6) is 2.01. The molecule has 1 aliphatic carbocycles. The summed E-state index contributed by atoms with van der Waals surface area (Å²) in [6.07, 6.45) is 8.95. The Kier molecular flexibility index (Phi) is 3.81. The smallest absolute Gasteiger partial charge is 0.126 e. The molecule has 1 aliphatic rings. The predicted molar refractivity (Wildman–Crippen MR) is 67.4 cm³/mol. The topological polar surface area (TPSA) is 9.23 Å². The van der Waals surface area contributed by atoms with Gasteiger partial charge >= 0.3 is 0 Å². The SMILES string of the molecule is CCCC1=CC=C(Oc2ccccc2)CC1. The molecule has 2 rings (SSSR count). The zero-order valence-corrected chi connectivity index (χ0v) is 9.78. The zero-order valence-electron chi connectivity index (χ0n) is 9.78. The highest BCUT2D eigenvalue weighted by atomic mass is 16.5. The summed E-state index contributed by atoms with van der Waals surface area (Å²) < 4.78 is 5.80. The van der Waals surface area contributed by atoms with Crippen LogP contribution in [0, 0.1) is 0 Å². The van der Waals surface area contributed by atoms with Gasteiger partial charge in [-0.1, -0.05) is 43.2 Å². The summed E-state index contributed by atoms with van der Waals surface area (Å²) in [7, 11) is 0. The molecule has 16 heavy (non-hydrogen) atoms. The van der Waals surface area contributed by atoms with Crippen LogP contribution in [0.5, 0.6) is 5.75 Å². The number of allylic oxidation sites excluding steroid dienone is 4. The summed E-state index contributed by atoms with van der Waals surface area (Å²) in [6, 6.07) is 9.98. The maximum atomic E-state index is 5.80. The molecule has 1 aromatic carbocycles. The lowest BCUT2D eigenvalue weighted by Crippen LogP contribution is -2.00. The van der Waals surface area contributed by atoms with Crippen molar-refractivity contribution in [1.29, 1.82) is 0 Å². The van der Waals surface area contributed by atoms with Gasteiger partial charge in [-0.15, -0.1) is 0 Å². The van der Waals surface area contributed by atoms with Crippen molar-refractivity contribution in [2.45, 2.75) is 32.6 Å². The number of ether oxygens (including phenoxy) is 1. The van der Waals surface area contributed by atoms with Crippen LogP contribution >= 0.6 is 0 Å². The second-order valence-electron chi connectivity index (χ2n) is 4.12. The van der Waals surface area contributed by atoms with Gasteiger partial charge in [-0.25, -0.2) is 0 Å². The van der Waals surface area contributed by atoms with Gasteiger partial charge in [-0.2, -0.15) is 0 Å². The van der Waals surface area contributed by atoms with Crippen LogP contribution in [0.25, 0.3) is 0 Å². The van der Waals surface area contributed by atoms with Gasteiger partial charge < -0.3 is 4.74 Å². The van der Waals surface area contributed by atoms with E-state index in [1.54, 1.807) is 5.57 Å². The Morgan fingerprint density at radius 1 is 1.06 bits per heavy atom. The van der Waals surface area contributed by atoms with Crippen LogP contribution in [0.1, 0.15) is 32.6 Å². The van der Waals surface area contributed by atoms with E-state index < -0.39 is 0 Å². The van der Waals surface area contributed by atoms with Crippen LogP contribution in [-0.4, -0.2) is 0 Å². The van der Waals surface area contributed by atoms with E-state index >= 15 is 0 Å². The number of hydrogen-bond donors (Lipinski definition) is 0. The fourth-order valence-corrected chi connectivity index (χ4v) is 1.92. The van der Waals surface area contributed by atoms with Crippen LogP contribution in [-0.2, 0) is 0 Å². The Hall–Kier alpha value is -1.50. The molecule has 1 aromatic rings. The average molecular weight is 214 g/mol. The van der Waals surface area contributed by atoms with Gasteiger partial charge in [0.05, 0.1) is 0 Å². The van der Waals surface area contributed by atoms with Crippen molar-refractivity contribution in [3.05, 3.63) is 53.8 Å². The number of hydrogen-bond acceptors (Lipinski definition) is 1. The molecule has 0 amide bonds. The monoisotopic (exact) mass is 214 g/mol. The Morgan fingerprint density at radius 3 is 2.50 bits per heavy atom. The third-order valence-corrected chi connectivity index (χ3v) is 2.76. The first-order valence-electron chi connectivity index (χ1n) is 6.00. The first-order chi connectivity index (χ1) is 7.88. The highest BCUT2D eigenvalue weighted by molar-refractivity contribution is 5.27. The predicted octanol–water partition coefficient (Wildman–Crippen LogP) is 4.47. The molecule has 0 saturated carbocycles. The third-order valence-electron chi connectivity index (χ3n) is 2.76. The molecular formula is C15H18O. The molecule has 0 bridgehead atoms. The molecular weight excluding hydrogens is 196 g/mol. The van der Waals surface area contributed by atoms with E-state index in [0.29, 0.717) is 0 Å². The Balaban J connectivity index is 1.98. The molecule has 0 atom stereocenters. The standard InChI is InChI=1S/C15H18O/c1-2-6-13-9-11-15(12-10-13)16-14-7-4-3-5-8-14/h3-5,7-9,11H,2,6,10,12H2,1H3. The second-order valence-corrected chi connectivity index (χ2v) is 4.12. The highest BCUT2D eigenvalue weighted by Gasteiger charge is 2.07. The molecule has 0 spiro atoms.